The van der Waals surface area contributed by atoms with Gasteiger partial charge in [0.05, 0.1) is 45.6 Å². The van der Waals surface area contributed by atoms with Gasteiger partial charge in [-0.15, -0.1) is 0 Å². The zero-order chi connectivity index (χ0) is 20.7. The van der Waals surface area contributed by atoms with Crippen LogP contribution in [0.1, 0.15) is 37.8 Å². The maximum atomic E-state index is 13.5. The number of hydrogen-bond acceptors (Lipinski definition) is 7. The summed E-state index contributed by atoms with van der Waals surface area (Å²) < 4.78 is 21.9. The number of Topliss-reactive ketones (excluding diaryl/α,β-unsaturated/α-hetero) is 2. The standard InChI is InChI=1S/C22H21NO6/c1-26-14-7-5-6-12-16(14)20(25)18-17(19(12)24)13-10-15(27-2)22(29-4)21(28-3)11(13)8-9-23-18/h5-7,10,17H,8-9H2,1-4H3. The van der Waals surface area contributed by atoms with Gasteiger partial charge in [0, 0.05) is 17.7 Å². The van der Waals surface area contributed by atoms with E-state index < -0.39 is 5.92 Å². The van der Waals surface area contributed by atoms with Crippen LogP contribution >= 0.6 is 0 Å². The van der Waals surface area contributed by atoms with Crippen molar-refractivity contribution in [1.82, 2.24) is 0 Å². The van der Waals surface area contributed by atoms with E-state index in [1.807, 2.05) is 0 Å². The minimum atomic E-state index is -0.826. The summed E-state index contributed by atoms with van der Waals surface area (Å²) in [6.07, 6.45) is 0.507. The summed E-state index contributed by atoms with van der Waals surface area (Å²) in [5, 5.41) is 0. The Morgan fingerprint density at radius 2 is 1.66 bits per heavy atom. The molecular weight excluding hydrogens is 374 g/mol. The number of nitrogens with zero attached hydrogens (tertiary/aromatic N) is 1. The average molecular weight is 395 g/mol. The Kier molecular flexibility index (Phi) is 4.74. The minimum Gasteiger partial charge on any atom is -0.496 e. The molecule has 0 bridgehead atoms. The maximum absolute atomic E-state index is 13.5. The number of carbonyl (C=O) groups excluding carboxylic acids is 2. The first-order chi connectivity index (χ1) is 14.1. The molecule has 0 N–H and O–H groups in total. The Balaban J connectivity index is 2.00. The van der Waals surface area contributed by atoms with E-state index >= 15 is 0 Å². The molecule has 0 amide bonds. The zero-order valence-corrected chi connectivity index (χ0v) is 16.7. The molecule has 0 saturated carbocycles. The molecule has 1 aliphatic heterocycles. The van der Waals surface area contributed by atoms with Crippen molar-refractivity contribution in [2.24, 2.45) is 4.99 Å². The molecule has 2 aromatic carbocycles. The van der Waals surface area contributed by atoms with Crippen LogP contribution in [0.25, 0.3) is 0 Å². The fourth-order valence-corrected chi connectivity index (χ4v) is 4.17. The highest BCUT2D eigenvalue weighted by Gasteiger charge is 2.43. The maximum Gasteiger partial charge on any atom is 0.212 e. The molecule has 1 atom stereocenters. The first-order valence-electron chi connectivity index (χ1n) is 9.19. The fraction of sp³-hybridized carbons (Fsp3) is 0.318. The van der Waals surface area contributed by atoms with Crippen LogP contribution in [0.5, 0.6) is 23.0 Å². The molecule has 2 aliphatic rings. The number of hydrogen-bond donors (Lipinski definition) is 0. The number of benzene rings is 2. The van der Waals surface area contributed by atoms with Crippen molar-refractivity contribution in [2.75, 3.05) is 35.0 Å². The lowest BCUT2D eigenvalue weighted by Gasteiger charge is -2.27. The number of rotatable bonds is 4. The summed E-state index contributed by atoms with van der Waals surface area (Å²) in [5.41, 5.74) is 2.27. The summed E-state index contributed by atoms with van der Waals surface area (Å²) in [4.78, 5) is 31.4. The lowest BCUT2D eigenvalue weighted by atomic mass is 9.75. The van der Waals surface area contributed by atoms with Gasteiger partial charge >= 0.3 is 0 Å². The SMILES string of the molecule is COc1cc2c(c(OC)c1OC)CCN=C1C(=O)c3c(OC)cccc3C(=O)C12. The second kappa shape index (κ2) is 7.24. The number of fused-ring (bicyclic) bond motifs is 4. The summed E-state index contributed by atoms with van der Waals surface area (Å²) in [7, 11) is 6.07. The molecule has 7 heteroatoms. The third kappa shape index (κ3) is 2.68. The van der Waals surface area contributed by atoms with E-state index in [-0.39, 0.29) is 22.8 Å². The first kappa shape index (κ1) is 19.0. The normalized spacial score (nSPS) is 17.4. The van der Waals surface area contributed by atoms with E-state index in [0.717, 1.165) is 5.56 Å². The summed E-state index contributed by atoms with van der Waals surface area (Å²) in [6, 6.07) is 6.78. The summed E-state index contributed by atoms with van der Waals surface area (Å²) in [5.74, 6) is 0.438. The van der Waals surface area contributed by atoms with E-state index in [4.69, 9.17) is 18.9 Å². The number of ether oxygens (including phenoxy) is 4. The Hall–Kier alpha value is -3.35. The van der Waals surface area contributed by atoms with Crippen molar-refractivity contribution in [1.29, 1.82) is 0 Å². The van der Waals surface area contributed by atoms with Crippen molar-refractivity contribution in [3.05, 3.63) is 46.5 Å². The lowest BCUT2D eigenvalue weighted by molar-refractivity contribution is 0.0945. The second-order valence-corrected chi connectivity index (χ2v) is 6.74. The van der Waals surface area contributed by atoms with Crippen molar-refractivity contribution >= 4 is 17.3 Å². The van der Waals surface area contributed by atoms with Gasteiger partial charge in [-0.1, -0.05) is 12.1 Å². The summed E-state index contributed by atoms with van der Waals surface area (Å²) >= 11 is 0. The van der Waals surface area contributed by atoms with Crippen LogP contribution in [0.3, 0.4) is 0 Å². The van der Waals surface area contributed by atoms with Gasteiger partial charge in [-0.2, -0.15) is 0 Å². The van der Waals surface area contributed by atoms with Gasteiger partial charge in [0.25, 0.3) is 0 Å². The van der Waals surface area contributed by atoms with Crippen LogP contribution in [0.4, 0.5) is 0 Å². The Bertz CT molecular complexity index is 1060. The molecule has 0 saturated heterocycles. The van der Waals surface area contributed by atoms with Crippen LogP contribution in [-0.2, 0) is 6.42 Å². The molecule has 7 nitrogen and oxygen atoms in total. The molecule has 0 radical (unpaired) electrons. The molecule has 1 unspecified atom stereocenters. The van der Waals surface area contributed by atoms with E-state index in [9.17, 15) is 9.59 Å². The van der Waals surface area contributed by atoms with Crippen LogP contribution < -0.4 is 18.9 Å². The smallest absolute Gasteiger partial charge is 0.212 e. The molecule has 1 aliphatic carbocycles. The number of carbonyl (C=O) groups is 2. The third-order valence-electron chi connectivity index (χ3n) is 5.43. The Morgan fingerprint density at radius 1 is 0.931 bits per heavy atom. The van der Waals surface area contributed by atoms with Gasteiger partial charge in [-0.05, 0) is 24.1 Å². The molecule has 4 rings (SSSR count). The molecule has 2 aromatic rings. The number of ketones is 2. The topological polar surface area (TPSA) is 83.4 Å². The molecule has 1 heterocycles. The zero-order valence-electron chi connectivity index (χ0n) is 16.7. The molecule has 0 aromatic heterocycles. The van der Waals surface area contributed by atoms with Crippen LogP contribution in [0, 0.1) is 0 Å². The van der Waals surface area contributed by atoms with Crippen LogP contribution in [-0.4, -0.2) is 52.3 Å². The highest BCUT2D eigenvalue weighted by atomic mass is 16.5. The van der Waals surface area contributed by atoms with Gasteiger partial charge < -0.3 is 18.9 Å². The highest BCUT2D eigenvalue weighted by molar-refractivity contribution is 6.56. The van der Waals surface area contributed by atoms with Crippen LogP contribution in [0.15, 0.2) is 29.3 Å². The predicted octanol–water partition coefficient (Wildman–Crippen LogP) is 2.88. The van der Waals surface area contributed by atoms with Crippen molar-refractivity contribution in [2.45, 2.75) is 12.3 Å². The molecule has 150 valence electrons. The Morgan fingerprint density at radius 3 is 2.31 bits per heavy atom. The molecule has 0 fully saturated rings. The largest absolute Gasteiger partial charge is 0.496 e. The van der Waals surface area contributed by atoms with E-state index in [1.54, 1.807) is 24.3 Å². The van der Waals surface area contributed by atoms with Gasteiger partial charge in [0.1, 0.15) is 5.75 Å². The van der Waals surface area contributed by atoms with Gasteiger partial charge in [0.15, 0.2) is 17.3 Å². The van der Waals surface area contributed by atoms with Crippen molar-refractivity contribution in [3.8, 4) is 23.0 Å². The van der Waals surface area contributed by atoms with E-state index in [0.29, 0.717) is 47.1 Å². The number of aliphatic imine (C=N–C) groups is 1. The fourth-order valence-electron chi connectivity index (χ4n) is 4.17. The predicted molar refractivity (Wildman–Crippen MR) is 107 cm³/mol. The van der Waals surface area contributed by atoms with Crippen molar-refractivity contribution in [3.63, 3.8) is 0 Å². The van der Waals surface area contributed by atoms with Gasteiger partial charge in [-0.25, -0.2) is 0 Å². The minimum absolute atomic E-state index is 0.199. The average Bonchev–Trinajstić information content (AvgIpc) is 2.95. The van der Waals surface area contributed by atoms with Crippen molar-refractivity contribution < 1.29 is 28.5 Å². The molecular formula is C22H21NO6. The van der Waals surface area contributed by atoms with Gasteiger partial charge in [-0.3, -0.25) is 14.6 Å². The monoisotopic (exact) mass is 395 g/mol. The van der Waals surface area contributed by atoms with Crippen LogP contribution in [0.2, 0.25) is 0 Å². The molecule has 0 spiro atoms. The summed E-state index contributed by atoms with van der Waals surface area (Å²) in [6.45, 7) is 0.355. The number of methoxy groups -OCH3 is 4. The van der Waals surface area contributed by atoms with Gasteiger partial charge in [0.2, 0.25) is 11.5 Å². The second-order valence-electron chi connectivity index (χ2n) is 6.74. The Labute approximate surface area is 168 Å². The third-order valence-corrected chi connectivity index (χ3v) is 5.43. The van der Waals surface area contributed by atoms with E-state index in [1.165, 1.54) is 28.4 Å². The highest BCUT2D eigenvalue weighted by Crippen LogP contribution is 2.47. The first-order valence-corrected chi connectivity index (χ1v) is 9.19. The van der Waals surface area contributed by atoms with E-state index in [2.05, 4.69) is 4.99 Å². The quantitative estimate of drug-likeness (QED) is 0.792. The molecule has 29 heavy (non-hydrogen) atoms. The lowest BCUT2D eigenvalue weighted by Crippen LogP contribution is -2.36.